The summed E-state index contributed by atoms with van der Waals surface area (Å²) in [5.41, 5.74) is 8.31. The van der Waals surface area contributed by atoms with Gasteiger partial charge in [0.05, 0.1) is 12.1 Å². The third kappa shape index (κ3) is 4.68. The van der Waals surface area contributed by atoms with Gasteiger partial charge in [0.25, 0.3) is 0 Å². The summed E-state index contributed by atoms with van der Waals surface area (Å²) in [5.74, 6) is 1.62. The molecule has 3 aromatic rings. The van der Waals surface area contributed by atoms with E-state index in [0.29, 0.717) is 17.4 Å². The molecule has 0 bridgehead atoms. The molecule has 0 aliphatic rings. The molecule has 0 saturated heterocycles. The number of nitrogens with two attached hydrogens (primary N) is 1. The Morgan fingerprint density at radius 2 is 1.75 bits per heavy atom. The molecule has 0 saturated carbocycles. The number of rotatable bonds is 8. The lowest BCUT2D eigenvalue weighted by molar-refractivity contribution is -0.752. The van der Waals surface area contributed by atoms with Gasteiger partial charge in [-0.25, -0.2) is 0 Å². The number of nitrogens with one attached hydrogen (secondary N) is 1. The number of aromatic amines is 1. The van der Waals surface area contributed by atoms with Crippen LogP contribution in [0, 0.1) is 0 Å². The number of H-pyrrole nitrogens is 1. The van der Waals surface area contributed by atoms with Gasteiger partial charge in [-0.2, -0.15) is 9.67 Å². The molecule has 148 valence electrons. The van der Waals surface area contributed by atoms with Gasteiger partial charge in [0.2, 0.25) is 12.1 Å². The molecular formula is C22H30N4O2+2. The lowest BCUT2D eigenvalue weighted by Crippen LogP contribution is -2.37. The van der Waals surface area contributed by atoms with Gasteiger partial charge in [-0.05, 0) is 30.5 Å². The van der Waals surface area contributed by atoms with Crippen molar-refractivity contribution in [2.24, 2.45) is 5.73 Å². The molecule has 6 nitrogen and oxygen atoms in total. The maximum atomic E-state index is 11.2. The molecule has 3 N–H and O–H groups in total. The minimum Gasteiger partial charge on any atom is -0.408 e. The Morgan fingerprint density at radius 1 is 1.04 bits per heavy atom. The van der Waals surface area contributed by atoms with Crippen LogP contribution in [-0.2, 0) is 13.1 Å². The van der Waals surface area contributed by atoms with Crippen molar-refractivity contribution in [3.05, 3.63) is 71.7 Å². The van der Waals surface area contributed by atoms with Crippen molar-refractivity contribution >= 4 is 5.91 Å². The largest absolute Gasteiger partial charge is 0.408 e. The summed E-state index contributed by atoms with van der Waals surface area (Å²) in [6.45, 7) is 10.3. The standard InChI is InChI=1S/C22H28N4O2/c1-15(2)20-9-24-26(12-20)11-17(4)21-13-25(14-28-21)10-16(3)18-5-7-19(8-6-18)22(23)27/h5-9,12-17H,10-11H2,1-4H3,(H-,23,27)/p+2. The van der Waals surface area contributed by atoms with Crippen LogP contribution in [0.3, 0.4) is 0 Å². The number of amides is 1. The predicted octanol–water partition coefficient (Wildman–Crippen LogP) is 3.01. The molecule has 1 aromatic carbocycles. The van der Waals surface area contributed by atoms with E-state index in [1.54, 1.807) is 18.5 Å². The van der Waals surface area contributed by atoms with Crippen molar-refractivity contribution in [2.75, 3.05) is 0 Å². The van der Waals surface area contributed by atoms with E-state index < -0.39 is 5.91 Å². The van der Waals surface area contributed by atoms with Crippen LogP contribution in [0.5, 0.6) is 0 Å². The number of primary amides is 1. The molecule has 2 heterocycles. The Hall–Kier alpha value is -2.89. The van der Waals surface area contributed by atoms with Crippen LogP contribution in [0.1, 0.15) is 72.7 Å². The average molecular weight is 383 g/mol. The second-order valence-electron chi connectivity index (χ2n) is 7.95. The van der Waals surface area contributed by atoms with E-state index >= 15 is 0 Å². The van der Waals surface area contributed by atoms with E-state index in [9.17, 15) is 4.79 Å². The zero-order valence-electron chi connectivity index (χ0n) is 17.1. The second-order valence-corrected chi connectivity index (χ2v) is 7.95. The van der Waals surface area contributed by atoms with Gasteiger partial charge in [-0.1, -0.05) is 32.9 Å². The third-order valence-electron chi connectivity index (χ3n) is 5.19. The number of hydrogen-bond donors (Lipinski definition) is 2. The van der Waals surface area contributed by atoms with E-state index in [0.717, 1.165) is 24.4 Å². The number of aromatic nitrogens is 3. The molecule has 3 rings (SSSR count). The summed E-state index contributed by atoms with van der Waals surface area (Å²) in [5, 5.41) is 3.30. The Morgan fingerprint density at radius 3 is 2.36 bits per heavy atom. The first kappa shape index (κ1) is 19.9. The highest BCUT2D eigenvalue weighted by Gasteiger charge is 2.22. The lowest BCUT2D eigenvalue weighted by Gasteiger charge is -2.07. The molecular weight excluding hydrogens is 352 g/mol. The topological polar surface area (TPSA) is 79.8 Å². The molecule has 1 amide bonds. The molecule has 6 heteroatoms. The second kappa shape index (κ2) is 8.42. The fourth-order valence-electron chi connectivity index (χ4n) is 3.31. The summed E-state index contributed by atoms with van der Waals surface area (Å²) >= 11 is 0. The molecule has 0 radical (unpaired) electrons. The van der Waals surface area contributed by atoms with E-state index in [1.165, 1.54) is 5.56 Å². The highest BCUT2D eigenvalue weighted by Crippen LogP contribution is 2.18. The number of benzene rings is 1. The SMILES string of the molecule is CC(C)c1c[nH][n+](CC(C)c2c[n+](CC(C)c3ccc(C(N)=O)cc3)co2)c1. The van der Waals surface area contributed by atoms with E-state index in [4.69, 9.17) is 10.2 Å². The molecule has 0 fully saturated rings. The van der Waals surface area contributed by atoms with E-state index in [1.807, 2.05) is 12.1 Å². The van der Waals surface area contributed by atoms with Crippen LogP contribution in [0.4, 0.5) is 0 Å². The smallest absolute Gasteiger partial charge is 0.334 e. The van der Waals surface area contributed by atoms with Gasteiger partial charge in [0.15, 0.2) is 25.0 Å². The molecule has 28 heavy (non-hydrogen) atoms. The quantitative estimate of drug-likeness (QED) is 0.587. The number of carbonyl (C=O) groups excluding carboxylic acids is 1. The van der Waals surface area contributed by atoms with Crippen molar-refractivity contribution in [2.45, 2.75) is 58.5 Å². The van der Waals surface area contributed by atoms with Gasteiger partial charge < -0.3 is 10.2 Å². The van der Waals surface area contributed by atoms with Gasteiger partial charge in [0, 0.05) is 17.0 Å². The molecule has 2 aromatic heterocycles. The van der Waals surface area contributed by atoms with Crippen molar-refractivity contribution < 1.29 is 18.5 Å². The zero-order valence-corrected chi connectivity index (χ0v) is 17.1. The normalized spacial score (nSPS) is 13.6. The van der Waals surface area contributed by atoms with Crippen LogP contribution in [0.2, 0.25) is 0 Å². The first-order chi connectivity index (χ1) is 13.3. The Bertz CT molecular complexity index is 924. The fourth-order valence-corrected chi connectivity index (χ4v) is 3.31. The summed E-state index contributed by atoms with van der Waals surface area (Å²) < 4.78 is 10.0. The molecule has 2 unspecified atom stereocenters. The van der Waals surface area contributed by atoms with Gasteiger partial charge in [-0.15, -0.1) is 4.68 Å². The third-order valence-corrected chi connectivity index (χ3v) is 5.19. The fraction of sp³-hybridized carbons (Fsp3) is 0.409. The molecule has 0 aliphatic heterocycles. The Balaban J connectivity index is 1.61. The van der Waals surface area contributed by atoms with Crippen LogP contribution in [0.15, 0.2) is 53.7 Å². The first-order valence-corrected chi connectivity index (χ1v) is 9.78. The summed E-state index contributed by atoms with van der Waals surface area (Å²) in [7, 11) is 0. The van der Waals surface area contributed by atoms with Crippen LogP contribution in [0.25, 0.3) is 0 Å². The predicted molar refractivity (Wildman–Crippen MR) is 106 cm³/mol. The van der Waals surface area contributed by atoms with Crippen LogP contribution in [-0.4, -0.2) is 11.0 Å². The van der Waals surface area contributed by atoms with Crippen molar-refractivity contribution in [1.82, 2.24) is 5.10 Å². The lowest BCUT2D eigenvalue weighted by atomic mass is 9.99. The highest BCUT2D eigenvalue weighted by molar-refractivity contribution is 5.92. The molecule has 2 atom stereocenters. The number of carbonyl (C=O) groups is 1. The van der Waals surface area contributed by atoms with Gasteiger partial charge in [-0.3, -0.25) is 4.79 Å². The minimum atomic E-state index is -0.400. The number of oxazole rings is 1. The summed E-state index contributed by atoms with van der Waals surface area (Å²) in [6.07, 6.45) is 8.08. The monoisotopic (exact) mass is 382 g/mol. The first-order valence-electron chi connectivity index (χ1n) is 9.78. The molecule has 0 aliphatic carbocycles. The van der Waals surface area contributed by atoms with E-state index in [2.05, 4.69) is 60.6 Å². The van der Waals surface area contributed by atoms with Crippen molar-refractivity contribution in [3.8, 4) is 0 Å². The van der Waals surface area contributed by atoms with Gasteiger partial charge >= 0.3 is 6.39 Å². The van der Waals surface area contributed by atoms with Crippen LogP contribution < -0.4 is 15.0 Å². The van der Waals surface area contributed by atoms with Crippen molar-refractivity contribution in [1.29, 1.82) is 0 Å². The van der Waals surface area contributed by atoms with Crippen LogP contribution >= 0.6 is 0 Å². The maximum Gasteiger partial charge on any atom is 0.334 e. The molecule has 0 spiro atoms. The zero-order chi connectivity index (χ0) is 20.3. The average Bonchev–Trinajstić information content (AvgIpc) is 3.31. The minimum absolute atomic E-state index is 0.259. The number of nitrogens with zero attached hydrogens (tertiary/aromatic N) is 2. The van der Waals surface area contributed by atoms with Crippen molar-refractivity contribution in [3.63, 3.8) is 0 Å². The van der Waals surface area contributed by atoms with Gasteiger partial charge in [0.1, 0.15) is 0 Å². The summed E-state index contributed by atoms with van der Waals surface area (Å²) in [6, 6.07) is 7.48. The maximum absolute atomic E-state index is 11.2. The Labute approximate surface area is 166 Å². The number of hydrogen-bond acceptors (Lipinski definition) is 2. The Kier molecular flexibility index (Phi) is 5.97. The van der Waals surface area contributed by atoms with E-state index in [-0.39, 0.29) is 5.92 Å². The highest BCUT2D eigenvalue weighted by atomic mass is 16.3. The summed E-state index contributed by atoms with van der Waals surface area (Å²) in [4.78, 5) is 11.2.